The summed E-state index contributed by atoms with van der Waals surface area (Å²) in [6, 6.07) is 14.8. The van der Waals surface area contributed by atoms with E-state index in [9.17, 15) is 29.4 Å². The number of aliphatic hydroxyl groups is 2. The number of hydrogen-bond donors (Lipinski definition) is 4. The number of ether oxygens (including phenoxy) is 2. The minimum absolute atomic E-state index is 0.00167. The monoisotopic (exact) mass is 817 g/mol. The van der Waals surface area contributed by atoms with Crippen LogP contribution in [0.3, 0.4) is 0 Å². The number of halogens is 2. The molecule has 2 aromatic carbocycles. The molecule has 2 aliphatic heterocycles. The maximum Gasteiger partial charge on any atom is 0.329 e. The number of carboxylic acid groups (broad SMARTS) is 1. The van der Waals surface area contributed by atoms with Crippen molar-refractivity contribution in [1.29, 1.82) is 0 Å². The van der Waals surface area contributed by atoms with Crippen molar-refractivity contribution >= 4 is 46.9 Å². The zero-order valence-electron chi connectivity index (χ0n) is 32.0. The summed E-state index contributed by atoms with van der Waals surface area (Å²) in [4.78, 5) is 49.4. The van der Waals surface area contributed by atoms with Crippen LogP contribution in [-0.4, -0.2) is 113 Å². The molecule has 0 saturated carbocycles. The molecule has 2 fully saturated rings. The number of aliphatic carboxylic acids is 1. The van der Waals surface area contributed by atoms with Gasteiger partial charge in [-0.1, -0.05) is 71.8 Å². The Kier molecular flexibility index (Phi) is 21.8. The number of primary amides is 1. The van der Waals surface area contributed by atoms with Crippen molar-refractivity contribution in [3.63, 3.8) is 0 Å². The van der Waals surface area contributed by atoms with Crippen LogP contribution in [0.15, 0.2) is 72.8 Å². The van der Waals surface area contributed by atoms with E-state index in [0.717, 1.165) is 56.1 Å². The molecule has 0 radical (unpaired) electrons. The number of aliphatic hydroxyl groups excluding tert-OH is 2. The third-order valence-corrected chi connectivity index (χ3v) is 9.82. The molecule has 2 heterocycles. The molecule has 0 spiro atoms. The molecule has 2 aliphatic rings. The van der Waals surface area contributed by atoms with Crippen LogP contribution < -0.4 is 5.73 Å². The van der Waals surface area contributed by atoms with E-state index in [1.165, 1.54) is 0 Å². The fraction of sp³-hybridized carbons (Fsp3) is 0.524. The maximum atomic E-state index is 12.3. The van der Waals surface area contributed by atoms with Crippen molar-refractivity contribution in [1.82, 2.24) is 9.80 Å². The van der Waals surface area contributed by atoms with E-state index in [-0.39, 0.29) is 37.1 Å². The van der Waals surface area contributed by atoms with Gasteiger partial charge in [-0.25, -0.2) is 4.79 Å². The molecule has 2 saturated heterocycles. The Morgan fingerprint density at radius 1 is 0.750 bits per heavy atom. The predicted molar refractivity (Wildman–Crippen MR) is 216 cm³/mol. The molecular formula is C42H57Cl2N3O9. The smallest absolute Gasteiger partial charge is 0.329 e. The van der Waals surface area contributed by atoms with Crippen LogP contribution in [0.1, 0.15) is 75.3 Å². The number of nitrogens with two attached hydrogens (primary N) is 1. The Morgan fingerprint density at radius 2 is 1.20 bits per heavy atom. The van der Waals surface area contributed by atoms with Gasteiger partial charge >= 0.3 is 5.97 Å². The Morgan fingerprint density at radius 3 is 1.61 bits per heavy atom. The Hall–Kier alpha value is -3.78. The number of amides is 3. The SMILES string of the molecule is NC(=O)COCCCCN1C(=O)CCC[C@@H]1/C=C/C(O)Cc1cccc(Cl)c1.O=C(O)COCCCCN1C(=O)CCC[C@@H]1/C=C/C(O)Cc1cccc(Cl)c1. The van der Waals surface area contributed by atoms with Gasteiger partial charge in [0.15, 0.2) is 0 Å². The number of carboxylic acids is 1. The van der Waals surface area contributed by atoms with Crippen molar-refractivity contribution in [3.8, 4) is 0 Å². The van der Waals surface area contributed by atoms with Crippen LogP contribution in [0.2, 0.25) is 10.0 Å². The quantitative estimate of drug-likeness (QED) is 0.0879. The third kappa shape index (κ3) is 18.9. The molecule has 308 valence electrons. The van der Waals surface area contributed by atoms with Crippen molar-refractivity contribution in [2.45, 2.75) is 101 Å². The molecule has 0 bridgehead atoms. The van der Waals surface area contributed by atoms with Gasteiger partial charge in [0, 0.05) is 62.0 Å². The summed E-state index contributed by atoms with van der Waals surface area (Å²) in [5.74, 6) is -1.19. The van der Waals surface area contributed by atoms with E-state index in [2.05, 4.69) is 0 Å². The van der Waals surface area contributed by atoms with Gasteiger partial charge in [-0.15, -0.1) is 0 Å². The highest BCUT2D eigenvalue weighted by Gasteiger charge is 2.27. The van der Waals surface area contributed by atoms with E-state index in [1.54, 1.807) is 24.3 Å². The molecule has 2 unspecified atom stereocenters. The zero-order chi connectivity index (χ0) is 40.7. The molecular weight excluding hydrogens is 761 g/mol. The van der Waals surface area contributed by atoms with Crippen LogP contribution in [0.25, 0.3) is 0 Å². The lowest BCUT2D eigenvalue weighted by Crippen LogP contribution is -2.43. The first-order valence-electron chi connectivity index (χ1n) is 19.4. The molecule has 3 amide bonds. The molecule has 4 rings (SSSR count). The number of rotatable bonds is 22. The molecule has 12 nitrogen and oxygen atoms in total. The average Bonchev–Trinajstić information content (AvgIpc) is 3.14. The van der Waals surface area contributed by atoms with Gasteiger partial charge in [0.25, 0.3) is 0 Å². The summed E-state index contributed by atoms with van der Waals surface area (Å²) in [6.07, 6.45) is 14.7. The lowest BCUT2D eigenvalue weighted by Gasteiger charge is -2.34. The molecule has 56 heavy (non-hydrogen) atoms. The van der Waals surface area contributed by atoms with Crippen LogP contribution >= 0.6 is 23.2 Å². The molecule has 0 aromatic heterocycles. The van der Waals surface area contributed by atoms with Crippen LogP contribution in [0.5, 0.6) is 0 Å². The fourth-order valence-electron chi connectivity index (χ4n) is 6.64. The van der Waals surface area contributed by atoms with E-state index >= 15 is 0 Å². The standard InChI is InChI=1S/C21H29ClN2O4.C21H28ClNO5/c22-17-6-3-5-16(13-17)14-19(25)10-9-18-7-4-8-21(27)24(18)11-1-2-12-28-15-20(23)26;22-17-6-3-5-16(13-17)14-19(24)10-9-18-7-4-8-20(25)23(18)11-1-2-12-28-15-21(26)27/h3,5-6,9-10,13,18-19,25H,1-2,4,7-8,11-12,14-15H2,(H2,23,26);3,5-6,9-10,13,18-19,24H,1-2,4,7-8,11-12,14-15H2,(H,26,27)/b2*10-9+/t2*18-,19?/m11/s1. The Balaban J connectivity index is 0.000000300. The number of nitrogens with zero attached hydrogens (tertiary/aromatic N) is 2. The Bertz CT molecular complexity index is 1470. The van der Waals surface area contributed by atoms with Crippen LogP contribution in [0, 0.1) is 0 Å². The van der Waals surface area contributed by atoms with E-state index in [4.69, 9.17) is 43.5 Å². The van der Waals surface area contributed by atoms with Gasteiger partial charge in [-0.05, 0) is 86.8 Å². The number of hydrogen-bond acceptors (Lipinski definition) is 8. The summed E-state index contributed by atoms with van der Waals surface area (Å²) < 4.78 is 10.2. The number of benzene rings is 2. The summed E-state index contributed by atoms with van der Waals surface area (Å²) >= 11 is 12.0. The van der Waals surface area contributed by atoms with Gasteiger partial charge in [0.2, 0.25) is 17.7 Å². The summed E-state index contributed by atoms with van der Waals surface area (Å²) in [5.41, 5.74) is 6.95. The largest absolute Gasteiger partial charge is 0.480 e. The summed E-state index contributed by atoms with van der Waals surface area (Å²) in [6.45, 7) is 1.70. The maximum absolute atomic E-state index is 12.3. The van der Waals surface area contributed by atoms with Gasteiger partial charge in [-0.3, -0.25) is 14.4 Å². The number of carbonyl (C=O) groups is 4. The number of piperidine rings is 2. The minimum Gasteiger partial charge on any atom is -0.480 e. The summed E-state index contributed by atoms with van der Waals surface area (Å²) in [7, 11) is 0. The highest BCUT2D eigenvalue weighted by molar-refractivity contribution is 6.30. The normalized spacial score (nSPS) is 18.6. The third-order valence-electron chi connectivity index (χ3n) is 9.35. The molecule has 14 heteroatoms. The highest BCUT2D eigenvalue weighted by atomic mass is 35.5. The zero-order valence-corrected chi connectivity index (χ0v) is 33.5. The number of carbonyl (C=O) groups excluding carboxylic acids is 3. The van der Waals surface area contributed by atoms with Crippen molar-refractivity contribution in [2.24, 2.45) is 5.73 Å². The first-order valence-corrected chi connectivity index (χ1v) is 20.1. The fourth-order valence-corrected chi connectivity index (χ4v) is 7.07. The molecule has 5 N–H and O–H groups in total. The predicted octanol–water partition coefficient (Wildman–Crippen LogP) is 5.52. The lowest BCUT2D eigenvalue weighted by atomic mass is 9.99. The summed E-state index contributed by atoms with van der Waals surface area (Å²) in [5, 5.41) is 30.4. The van der Waals surface area contributed by atoms with Crippen molar-refractivity contribution in [3.05, 3.63) is 94.0 Å². The van der Waals surface area contributed by atoms with E-state index in [1.807, 2.05) is 58.4 Å². The van der Waals surface area contributed by atoms with Gasteiger partial charge < -0.3 is 40.3 Å². The second-order valence-corrected chi connectivity index (χ2v) is 14.9. The van der Waals surface area contributed by atoms with Crippen molar-refractivity contribution < 1.29 is 44.0 Å². The van der Waals surface area contributed by atoms with Gasteiger partial charge in [0.1, 0.15) is 13.2 Å². The number of likely N-dealkylation sites (tertiary alicyclic amines) is 2. The highest BCUT2D eigenvalue weighted by Crippen LogP contribution is 2.22. The number of unbranched alkanes of at least 4 members (excludes halogenated alkanes) is 2. The topological polar surface area (TPSA) is 180 Å². The lowest BCUT2D eigenvalue weighted by molar-refractivity contribution is -0.142. The van der Waals surface area contributed by atoms with E-state index < -0.39 is 24.1 Å². The van der Waals surface area contributed by atoms with Crippen LogP contribution in [0.4, 0.5) is 0 Å². The first-order chi connectivity index (χ1) is 26.9. The molecule has 2 aromatic rings. The second kappa shape index (κ2) is 26.2. The van der Waals surface area contributed by atoms with Crippen LogP contribution in [-0.2, 0) is 41.5 Å². The first kappa shape index (κ1) is 46.6. The van der Waals surface area contributed by atoms with Gasteiger partial charge in [-0.2, -0.15) is 0 Å². The molecule has 4 atom stereocenters. The molecule has 0 aliphatic carbocycles. The van der Waals surface area contributed by atoms with Crippen molar-refractivity contribution in [2.75, 3.05) is 39.5 Å². The van der Waals surface area contributed by atoms with E-state index in [0.29, 0.717) is 68.5 Å². The van der Waals surface area contributed by atoms with Gasteiger partial charge in [0.05, 0.1) is 24.3 Å². The second-order valence-electron chi connectivity index (χ2n) is 14.0. The average molecular weight is 819 g/mol. The minimum atomic E-state index is -0.979. The Labute approximate surface area is 340 Å².